The second-order valence-corrected chi connectivity index (χ2v) is 4.68. The predicted molar refractivity (Wildman–Crippen MR) is 78.7 cm³/mol. The van der Waals surface area contributed by atoms with Gasteiger partial charge in [0.15, 0.2) is 0 Å². The summed E-state index contributed by atoms with van der Waals surface area (Å²) in [6.07, 6.45) is -0.951. The molecule has 0 bridgehead atoms. The number of hydrogen-bond donors (Lipinski definition) is 2. The van der Waals surface area contributed by atoms with E-state index in [1.54, 1.807) is 6.92 Å². The highest BCUT2D eigenvalue weighted by atomic mass is 16.5. The van der Waals surface area contributed by atoms with Crippen molar-refractivity contribution in [2.45, 2.75) is 19.6 Å². The number of carboxylic acids is 1. The first-order valence-corrected chi connectivity index (χ1v) is 7.08. The Kier molecular flexibility index (Phi) is 5.79. The lowest BCUT2D eigenvalue weighted by atomic mass is 10.2. The number of aliphatic hydroxyl groups is 1. The number of hydrogen-bond acceptors (Lipinski definition) is 8. The molecule has 24 heavy (non-hydrogen) atoms. The van der Waals surface area contributed by atoms with E-state index in [-0.39, 0.29) is 31.1 Å². The van der Waals surface area contributed by atoms with Crippen LogP contribution >= 0.6 is 0 Å². The third-order valence-corrected chi connectivity index (χ3v) is 2.83. The fraction of sp³-hybridized carbons (Fsp3) is 0.357. The lowest BCUT2D eigenvalue weighted by Gasteiger charge is -2.11. The van der Waals surface area contributed by atoms with Crippen LogP contribution in [0.2, 0.25) is 0 Å². The molecule has 2 N–H and O–H groups in total. The highest BCUT2D eigenvalue weighted by Crippen LogP contribution is 2.12. The SMILES string of the molecule is CCOC(=O)c1nnn(C[C@@H](O)COc2ccc(C(=O)O)cc2)n1. The van der Waals surface area contributed by atoms with E-state index in [2.05, 4.69) is 15.4 Å². The molecule has 0 amide bonds. The van der Waals surface area contributed by atoms with Gasteiger partial charge < -0.3 is 19.7 Å². The lowest BCUT2D eigenvalue weighted by molar-refractivity contribution is 0.0509. The number of carboxylic acid groups (broad SMARTS) is 1. The minimum Gasteiger partial charge on any atom is -0.491 e. The number of aromatic carboxylic acids is 1. The maximum atomic E-state index is 11.4. The Balaban J connectivity index is 1.83. The van der Waals surface area contributed by atoms with E-state index in [1.165, 1.54) is 24.3 Å². The quantitative estimate of drug-likeness (QED) is 0.637. The van der Waals surface area contributed by atoms with Crippen molar-refractivity contribution in [1.29, 1.82) is 0 Å². The molecule has 0 aliphatic heterocycles. The zero-order chi connectivity index (χ0) is 17.5. The predicted octanol–water partition coefficient (Wildman–Crippen LogP) is -0.0121. The van der Waals surface area contributed by atoms with Crippen molar-refractivity contribution in [2.24, 2.45) is 0 Å². The average Bonchev–Trinajstić information content (AvgIpc) is 3.02. The Morgan fingerprint density at radius 3 is 2.62 bits per heavy atom. The van der Waals surface area contributed by atoms with E-state index in [1.807, 2.05) is 0 Å². The first-order valence-electron chi connectivity index (χ1n) is 7.08. The molecule has 0 saturated heterocycles. The summed E-state index contributed by atoms with van der Waals surface area (Å²) in [7, 11) is 0. The van der Waals surface area contributed by atoms with Crippen molar-refractivity contribution in [3.05, 3.63) is 35.7 Å². The normalized spacial score (nSPS) is 11.8. The van der Waals surface area contributed by atoms with Gasteiger partial charge in [-0.15, -0.1) is 10.2 Å². The van der Waals surface area contributed by atoms with Crippen LogP contribution in [0.1, 0.15) is 27.9 Å². The zero-order valence-corrected chi connectivity index (χ0v) is 12.8. The van der Waals surface area contributed by atoms with Crippen LogP contribution in [0.5, 0.6) is 5.75 Å². The van der Waals surface area contributed by atoms with Crippen molar-refractivity contribution in [3.63, 3.8) is 0 Å². The summed E-state index contributed by atoms with van der Waals surface area (Å²) in [5, 5.41) is 29.7. The van der Waals surface area contributed by atoms with Gasteiger partial charge in [-0.2, -0.15) is 4.80 Å². The largest absolute Gasteiger partial charge is 0.491 e. The van der Waals surface area contributed by atoms with E-state index < -0.39 is 18.0 Å². The molecule has 10 nitrogen and oxygen atoms in total. The summed E-state index contributed by atoms with van der Waals surface area (Å²) in [6, 6.07) is 5.77. The number of esters is 1. The molecule has 0 fully saturated rings. The van der Waals surface area contributed by atoms with Crippen molar-refractivity contribution in [1.82, 2.24) is 20.2 Å². The molecule has 128 valence electrons. The van der Waals surface area contributed by atoms with Gasteiger partial charge in [-0.25, -0.2) is 9.59 Å². The molecule has 0 aliphatic carbocycles. The summed E-state index contributed by atoms with van der Waals surface area (Å²) in [5.41, 5.74) is 0.140. The highest BCUT2D eigenvalue weighted by Gasteiger charge is 2.16. The summed E-state index contributed by atoms with van der Waals surface area (Å²) in [6.45, 7) is 1.76. The molecule has 1 heterocycles. The smallest absolute Gasteiger partial charge is 0.380 e. The van der Waals surface area contributed by atoms with Gasteiger partial charge in [0, 0.05) is 0 Å². The van der Waals surface area contributed by atoms with Crippen LogP contribution in [0.25, 0.3) is 0 Å². The third-order valence-electron chi connectivity index (χ3n) is 2.83. The Hall–Kier alpha value is -3.01. The van der Waals surface area contributed by atoms with Crippen LogP contribution < -0.4 is 4.74 Å². The molecule has 1 atom stereocenters. The average molecular weight is 336 g/mol. The van der Waals surface area contributed by atoms with Gasteiger partial charge in [-0.05, 0) is 36.4 Å². The number of tetrazole rings is 1. The van der Waals surface area contributed by atoms with Gasteiger partial charge in [0.25, 0.3) is 5.82 Å². The minimum atomic E-state index is -1.03. The summed E-state index contributed by atoms with van der Waals surface area (Å²) >= 11 is 0. The first-order chi connectivity index (χ1) is 11.5. The molecule has 2 rings (SSSR count). The molecule has 0 saturated carbocycles. The standard InChI is InChI=1S/C14H16N4O6/c1-2-23-14(22)12-15-17-18(16-12)7-10(19)8-24-11-5-3-9(4-6-11)13(20)21/h3-6,10,19H,2,7-8H2,1H3,(H,20,21)/t10-/m1/s1. The number of carbonyl (C=O) groups is 2. The number of carbonyl (C=O) groups excluding carboxylic acids is 1. The van der Waals surface area contributed by atoms with E-state index in [4.69, 9.17) is 14.6 Å². The zero-order valence-electron chi connectivity index (χ0n) is 12.8. The van der Waals surface area contributed by atoms with E-state index in [0.29, 0.717) is 5.75 Å². The van der Waals surface area contributed by atoms with Crippen molar-refractivity contribution >= 4 is 11.9 Å². The summed E-state index contributed by atoms with van der Waals surface area (Å²) in [5.74, 6) is -1.49. The lowest BCUT2D eigenvalue weighted by Crippen LogP contribution is -2.25. The van der Waals surface area contributed by atoms with Gasteiger partial charge in [0.2, 0.25) is 0 Å². The monoisotopic (exact) mass is 336 g/mol. The highest BCUT2D eigenvalue weighted by molar-refractivity contribution is 5.87. The van der Waals surface area contributed by atoms with Gasteiger partial charge in [-0.3, -0.25) is 0 Å². The maximum absolute atomic E-state index is 11.4. The Labute approximate surface area is 136 Å². The number of ether oxygens (including phenoxy) is 2. The van der Waals surface area contributed by atoms with Gasteiger partial charge >= 0.3 is 11.9 Å². The Morgan fingerprint density at radius 1 is 1.29 bits per heavy atom. The molecule has 1 aromatic carbocycles. The van der Waals surface area contributed by atoms with Crippen LogP contribution in [0.3, 0.4) is 0 Å². The van der Waals surface area contributed by atoms with Crippen LogP contribution in [-0.2, 0) is 11.3 Å². The topological polar surface area (TPSA) is 137 Å². The summed E-state index contributed by atoms with van der Waals surface area (Å²) < 4.78 is 10.1. The van der Waals surface area contributed by atoms with Gasteiger partial charge in [0.1, 0.15) is 18.5 Å². The van der Waals surface area contributed by atoms with E-state index >= 15 is 0 Å². The molecule has 10 heteroatoms. The van der Waals surface area contributed by atoms with Crippen molar-refractivity contribution < 1.29 is 29.3 Å². The van der Waals surface area contributed by atoms with Crippen LogP contribution in [-0.4, -0.2) is 61.7 Å². The van der Waals surface area contributed by atoms with E-state index in [0.717, 1.165) is 4.80 Å². The van der Waals surface area contributed by atoms with Crippen molar-refractivity contribution in [3.8, 4) is 5.75 Å². The molecular formula is C14H16N4O6. The minimum absolute atomic E-state index is 0.0282. The Morgan fingerprint density at radius 2 is 2.00 bits per heavy atom. The van der Waals surface area contributed by atoms with Gasteiger partial charge in [-0.1, -0.05) is 0 Å². The first kappa shape index (κ1) is 17.3. The maximum Gasteiger partial charge on any atom is 0.380 e. The molecule has 0 unspecified atom stereocenters. The van der Waals surface area contributed by atoms with E-state index in [9.17, 15) is 14.7 Å². The molecular weight excluding hydrogens is 320 g/mol. The number of rotatable bonds is 8. The van der Waals surface area contributed by atoms with Crippen molar-refractivity contribution in [2.75, 3.05) is 13.2 Å². The second-order valence-electron chi connectivity index (χ2n) is 4.68. The van der Waals surface area contributed by atoms with Crippen LogP contribution in [0, 0.1) is 0 Å². The molecule has 2 aromatic rings. The number of benzene rings is 1. The number of aliphatic hydroxyl groups excluding tert-OH is 1. The number of nitrogens with zero attached hydrogens (tertiary/aromatic N) is 4. The number of aromatic nitrogens is 4. The molecule has 0 aliphatic rings. The van der Waals surface area contributed by atoms with Crippen LogP contribution in [0.15, 0.2) is 24.3 Å². The fourth-order valence-corrected chi connectivity index (χ4v) is 1.73. The molecule has 0 radical (unpaired) electrons. The fourth-order valence-electron chi connectivity index (χ4n) is 1.73. The third kappa shape index (κ3) is 4.74. The van der Waals surface area contributed by atoms with Gasteiger partial charge in [0.05, 0.1) is 18.7 Å². The second kappa shape index (κ2) is 8.02. The molecule has 1 aromatic heterocycles. The summed E-state index contributed by atoms with van der Waals surface area (Å²) in [4.78, 5) is 23.2. The molecule has 0 spiro atoms. The Bertz CT molecular complexity index is 700. The van der Waals surface area contributed by atoms with Crippen LogP contribution in [0.4, 0.5) is 0 Å².